The minimum Gasteiger partial charge on any atom is -0.457 e. The molecular formula is C26H21F3N4O3. The first-order valence-corrected chi connectivity index (χ1v) is 11.1. The van der Waals surface area contributed by atoms with Crippen LogP contribution in [0, 0.1) is 17.2 Å². The van der Waals surface area contributed by atoms with E-state index in [1.807, 2.05) is 18.2 Å². The average molecular weight is 494 g/mol. The van der Waals surface area contributed by atoms with E-state index >= 15 is 0 Å². The number of nitrogens with zero attached hydrogens (tertiary/aromatic N) is 2. The van der Waals surface area contributed by atoms with E-state index in [1.165, 1.54) is 25.3 Å². The van der Waals surface area contributed by atoms with Crippen molar-refractivity contribution >= 4 is 23.3 Å². The number of benzene rings is 2. The molecule has 0 saturated carbocycles. The number of hydrogen-bond donors (Lipinski definition) is 2. The molecule has 0 bridgehead atoms. The number of aryl methyl sites for hydroxylation is 1. The Morgan fingerprint density at radius 3 is 2.56 bits per heavy atom. The monoisotopic (exact) mass is 494 g/mol. The summed E-state index contributed by atoms with van der Waals surface area (Å²) >= 11 is 0. The Labute approximate surface area is 204 Å². The van der Waals surface area contributed by atoms with Crippen LogP contribution in [0.1, 0.15) is 35.6 Å². The van der Waals surface area contributed by atoms with Crippen LogP contribution in [-0.4, -0.2) is 16.8 Å². The van der Waals surface area contributed by atoms with Gasteiger partial charge in [0.05, 0.1) is 17.2 Å². The molecule has 0 radical (unpaired) electrons. The molecule has 1 aromatic heterocycles. The Kier molecular flexibility index (Phi) is 6.92. The van der Waals surface area contributed by atoms with Crippen molar-refractivity contribution < 1.29 is 27.5 Å². The fourth-order valence-electron chi connectivity index (χ4n) is 4.08. The number of anilines is 2. The molecule has 10 heteroatoms. The molecule has 0 fully saturated rings. The third kappa shape index (κ3) is 5.81. The molecule has 2 aromatic carbocycles. The number of carbonyl (C=O) groups excluding carboxylic acids is 2. The molecule has 1 aliphatic rings. The van der Waals surface area contributed by atoms with Crippen molar-refractivity contribution in [3.8, 4) is 17.6 Å². The Morgan fingerprint density at radius 1 is 1.06 bits per heavy atom. The second-order valence-corrected chi connectivity index (χ2v) is 8.39. The number of aromatic nitrogens is 1. The summed E-state index contributed by atoms with van der Waals surface area (Å²) in [4.78, 5) is 28.2. The van der Waals surface area contributed by atoms with Crippen LogP contribution in [0.5, 0.6) is 11.5 Å². The highest BCUT2D eigenvalue weighted by Crippen LogP contribution is 2.35. The Morgan fingerprint density at radius 2 is 1.83 bits per heavy atom. The lowest BCUT2D eigenvalue weighted by molar-refractivity contribution is -0.137. The highest BCUT2D eigenvalue weighted by molar-refractivity contribution is 5.93. The summed E-state index contributed by atoms with van der Waals surface area (Å²) in [6.07, 6.45) is -1.62. The van der Waals surface area contributed by atoms with Gasteiger partial charge in [0.2, 0.25) is 11.8 Å². The number of nitriles is 1. The molecular weight excluding hydrogens is 473 g/mol. The zero-order valence-corrected chi connectivity index (χ0v) is 19.1. The largest absolute Gasteiger partial charge is 0.457 e. The quantitative estimate of drug-likeness (QED) is 0.490. The van der Waals surface area contributed by atoms with E-state index in [4.69, 9.17) is 10.00 Å². The lowest BCUT2D eigenvalue weighted by Gasteiger charge is -2.24. The van der Waals surface area contributed by atoms with Crippen molar-refractivity contribution in [1.29, 1.82) is 5.26 Å². The van der Waals surface area contributed by atoms with Crippen LogP contribution in [0.3, 0.4) is 0 Å². The molecule has 36 heavy (non-hydrogen) atoms. The van der Waals surface area contributed by atoms with E-state index in [-0.39, 0.29) is 17.5 Å². The molecule has 2 N–H and O–H groups in total. The standard InChI is InChI=1S/C26H21F3N4O3/c1-15(34)32-24-13-22(8-9-31-24)36-21-7-5-16-2-3-17(10-19(16)11-21)25(35)33-20-6-4-18(14-30)23(12-20)26(27,28)29/h4-9,11-13,17H,2-3,10H2,1H3,(H,33,35)(H,31,32,34). The van der Waals surface area contributed by atoms with Gasteiger partial charge >= 0.3 is 6.18 Å². The Hall–Kier alpha value is -4.39. The van der Waals surface area contributed by atoms with Gasteiger partial charge in [0.15, 0.2) is 0 Å². The van der Waals surface area contributed by atoms with Gasteiger partial charge in [-0.2, -0.15) is 18.4 Å². The van der Waals surface area contributed by atoms with E-state index in [0.29, 0.717) is 36.6 Å². The van der Waals surface area contributed by atoms with Crippen LogP contribution < -0.4 is 15.4 Å². The first-order valence-electron chi connectivity index (χ1n) is 11.1. The lowest BCUT2D eigenvalue weighted by atomic mass is 9.83. The van der Waals surface area contributed by atoms with Crippen LogP contribution in [0.15, 0.2) is 54.7 Å². The molecule has 0 aliphatic heterocycles. The van der Waals surface area contributed by atoms with E-state index in [1.54, 1.807) is 12.1 Å². The van der Waals surface area contributed by atoms with Crippen molar-refractivity contribution in [3.63, 3.8) is 0 Å². The fraction of sp³-hybridized carbons (Fsp3) is 0.231. The van der Waals surface area contributed by atoms with Crippen LogP contribution in [0.2, 0.25) is 0 Å². The smallest absolute Gasteiger partial charge is 0.417 e. The van der Waals surface area contributed by atoms with Gasteiger partial charge in [0.1, 0.15) is 17.3 Å². The molecule has 2 amide bonds. The maximum atomic E-state index is 13.2. The molecule has 4 rings (SSSR count). The summed E-state index contributed by atoms with van der Waals surface area (Å²) in [6, 6.07) is 13.4. The zero-order valence-electron chi connectivity index (χ0n) is 19.1. The Bertz CT molecular complexity index is 1370. The summed E-state index contributed by atoms with van der Waals surface area (Å²) in [5, 5.41) is 14.1. The molecule has 1 aliphatic carbocycles. The number of ether oxygens (including phenoxy) is 1. The summed E-state index contributed by atoms with van der Waals surface area (Å²) in [5.74, 6) is 0.278. The third-order valence-electron chi connectivity index (χ3n) is 5.76. The van der Waals surface area contributed by atoms with Gasteiger partial charge in [-0.05, 0) is 66.8 Å². The normalized spacial score (nSPS) is 14.8. The van der Waals surface area contributed by atoms with E-state index in [2.05, 4.69) is 15.6 Å². The number of halogens is 3. The van der Waals surface area contributed by atoms with E-state index < -0.39 is 23.2 Å². The van der Waals surface area contributed by atoms with Crippen molar-refractivity contribution in [2.75, 3.05) is 10.6 Å². The Balaban J connectivity index is 1.47. The number of fused-ring (bicyclic) bond motifs is 1. The van der Waals surface area contributed by atoms with Gasteiger partial charge in [-0.15, -0.1) is 0 Å². The molecule has 0 saturated heterocycles. The first kappa shape index (κ1) is 24.7. The fourth-order valence-corrected chi connectivity index (χ4v) is 4.08. The maximum absolute atomic E-state index is 13.2. The van der Waals surface area contributed by atoms with Gasteiger partial charge in [0, 0.05) is 30.8 Å². The highest BCUT2D eigenvalue weighted by atomic mass is 19.4. The van der Waals surface area contributed by atoms with E-state index in [0.717, 1.165) is 23.3 Å². The van der Waals surface area contributed by atoms with Crippen molar-refractivity contribution in [2.45, 2.75) is 32.4 Å². The van der Waals surface area contributed by atoms with Crippen LogP contribution >= 0.6 is 0 Å². The van der Waals surface area contributed by atoms with Crippen molar-refractivity contribution in [3.05, 3.63) is 77.0 Å². The second-order valence-electron chi connectivity index (χ2n) is 8.39. The topological polar surface area (TPSA) is 104 Å². The number of carbonyl (C=O) groups is 2. The van der Waals surface area contributed by atoms with Gasteiger partial charge in [-0.1, -0.05) is 6.07 Å². The van der Waals surface area contributed by atoms with Crippen molar-refractivity contribution in [2.24, 2.45) is 5.92 Å². The van der Waals surface area contributed by atoms with Gasteiger partial charge < -0.3 is 15.4 Å². The van der Waals surface area contributed by atoms with Gasteiger partial charge in [-0.3, -0.25) is 9.59 Å². The highest BCUT2D eigenvalue weighted by Gasteiger charge is 2.34. The van der Waals surface area contributed by atoms with Crippen LogP contribution in [0.25, 0.3) is 0 Å². The molecule has 184 valence electrons. The number of alkyl halides is 3. The van der Waals surface area contributed by atoms with Gasteiger partial charge in [-0.25, -0.2) is 4.98 Å². The number of nitrogens with one attached hydrogen (secondary N) is 2. The molecule has 7 nitrogen and oxygen atoms in total. The lowest BCUT2D eigenvalue weighted by Crippen LogP contribution is -2.28. The molecule has 1 atom stereocenters. The summed E-state index contributed by atoms with van der Waals surface area (Å²) in [7, 11) is 0. The first-order chi connectivity index (χ1) is 17.1. The minimum atomic E-state index is -4.70. The molecule has 0 spiro atoms. The average Bonchev–Trinajstić information content (AvgIpc) is 2.83. The number of amides is 2. The minimum absolute atomic E-state index is 0.0122. The van der Waals surface area contributed by atoms with Crippen molar-refractivity contribution in [1.82, 2.24) is 4.98 Å². The predicted molar refractivity (Wildman–Crippen MR) is 125 cm³/mol. The molecule has 1 heterocycles. The number of pyridine rings is 1. The van der Waals surface area contributed by atoms with Gasteiger partial charge in [0.25, 0.3) is 0 Å². The molecule has 1 unspecified atom stereocenters. The van der Waals surface area contributed by atoms with Crippen LogP contribution in [0.4, 0.5) is 24.7 Å². The summed E-state index contributed by atoms with van der Waals surface area (Å²) in [5.41, 5.74) is 0.375. The zero-order chi connectivity index (χ0) is 25.9. The third-order valence-corrected chi connectivity index (χ3v) is 5.76. The number of rotatable bonds is 5. The summed E-state index contributed by atoms with van der Waals surface area (Å²) < 4.78 is 45.6. The van der Waals surface area contributed by atoms with Crippen LogP contribution in [-0.2, 0) is 28.6 Å². The predicted octanol–water partition coefficient (Wildman–Crippen LogP) is 5.47. The van der Waals surface area contributed by atoms with E-state index in [9.17, 15) is 22.8 Å². The second kappa shape index (κ2) is 10.1. The molecule has 3 aromatic rings. The SMILES string of the molecule is CC(=O)Nc1cc(Oc2ccc3c(c2)CC(C(=O)Nc2ccc(C#N)c(C(F)(F)F)c2)CC3)ccn1. The maximum Gasteiger partial charge on any atom is 0.417 e. The summed E-state index contributed by atoms with van der Waals surface area (Å²) in [6.45, 7) is 1.38. The number of hydrogen-bond acceptors (Lipinski definition) is 5.